The van der Waals surface area contributed by atoms with Gasteiger partial charge in [0.25, 0.3) is 0 Å². The highest BCUT2D eigenvalue weighted by molar-refractivity contribution is 7.18. The molecule has 1 aliphatic heterocycles. The van der Waals surface area contributed by atoms with Crippen molar-refractivity contribution in [3.8, 4) is 0 Å². The summed E-state index contributed by atoms with van der Waals surface area (Å²) in [6.07, 6.45) is 4.89. The lowest BCUT2D eigenvalue weighted by Gasteiger charge is -2.34. The average molecular weight is 515 g/mol. The van der Waals surface area contributed by atoms with Crippen LogP contribution in [0.2, 0.25) is 0 Å². The standard InChI is InChI=1S/C28H38N2O5S/c1-16-7-6-8-17(2)26(34)18(3)27(35)28(4,5)23(32)14-24(33)29-20(11-9-16)19-10-12-22-21(13-19)30-25(15-31)36-22/h6-7,9-10,12-13,17-18,20,23,26,31-32,34H,8,11,14-15H2,1-5H3,(H,29,33)/b7-6+,16-9-/t17-,18+,20-,23-,26-/m0/s1. The van der Waals surface area contributed by atoms with Gasteiger partial charge in [0.2, 0.25) is 5.91 Å². The fourth-order valence-electron chi connectivity index (χ4n) is 4.62. The quantitative estimate of drug-likeness (QED) is 0.476. The molecule has 0 unspecified atom stereocenters. The number of aliphatic hydroxyl groups excluding tert-OH is 3. The first-order chi connectivity index (χ1) is 16.9. The van der Waals surface area contributed by atoms with Crippen LogP contribution < -0.4 is 5.32 Å². The van der Waals surface area contributed by atoms with Crippen LogP contribution in [0.3, 0.4) is 0 Å². The van der Waals surface area contributed by atoms with Crippen LogP contribution in [0.5, 0.6) is 0 Å². The zero-order valence-electron chi connectivity index (χ0n) is 21.7. The van der Waals surface area contributed by atoms with E-state index >= 15 is 0 Å². The van der Waals surface area contributed by atoms with E-state index in [2.05, 4.69) is 10.3 Å². The minimum Gasteiger partial charge on any atom is -0.392 e. The maximum atomic E-state index is 13.2. The Balaban J connectivity index is 1.95. The lowest BCUT2D eigenvalue weighted by molar-refractivity contribution is -0.143. The van der Waals surface area contributed by atoms with Crippen molar-refractivity contribution < 1.29 is 24.9 Å². The predicted molar refractivity (Wildman–Crippen MR) is 142 cm³/mol. The van der Waals surface area contributed by atoms with Gasteiger partial charge in [-0.2, -0.15) is 0 Å². The summed E-state index contributed by atoms with van der Waals surface area (Å²) in [5.41, 5.74) is 1.45. The number of carbonyl (C=O) groups is 2. The third-order valence-electron chi connectivity index (χ3n) is 7.25. The fraction of sp³-hybridized carbons (Fsp3) is 0.536. The van der Waals surface area contributed by atoms with Gasteiger partial charge >= 0.3 is 0 Å². The van der Waals surface area contributed by atoms with E-state index < -0.39 is 23.5 Å². The van der Waals surface area contributed by atoms with Crippen molar-refractivity contribution >= 4 is 33.2 Å². The third kappa shape index (κ3) is 6.48. The number of hydrogen-bond donors (Lipinski definition) is 4. The molecule has 0 saturated heterocycles. The zero-order valence-corrected chi connectivity index (χ0v) is 22.5. The molecule has 0 saturated carbocycles. The minimum atomic E-state index is -1.20. The summed E-state index contributed by atoms with van der Waals surface area (Å²) in [6.45, 7) is 8.71. The first-order valence-electron chi connectivity index (χ1n) is 12.5. The lowest BCUT2D eigenvalue weighted by atomic mass is 9.73. The van der Waals surface area contributed by atoms with E-state index in [-0.39, 0.29) is 36.7 Å². The van der Waals surface area contributed by atoms with Crippen molar-refractivity contribution in [3.63, 3.8) is 0 Å². The van der Waals surface area contributed by atoms with Gasteiger partial charge in [-0.15, -0.1) is 11.3 Å². The number of rotatable bonds is 2. The number of ketones is 1. The average Bonchev–Trinajstić information content (AvgIpc) is 3.26. The van der Waals surface area contributed by atoms with E-state index in [1.807, 2.05) is 50.3 Å². The highest BCUT2D eigenvalue weighted by atomic mass is 32.1. The van der Waals surface area contributed by atoms with Gasteiger partial charge in [0.15, 0.2) is 0 Å². The topological polar surface area (TPSA) is 120 Å². The number of nitrogens with one attached hydrogen (secondary N) is 1. The van der Waals surface area contributed by atoms with E-state index in [1.54, 1.807) is 20.8 Å². The third-order valence-corrected chi connectivity index (χ3v) is 8.27. The Morgan fingerprint density at radius 1 is 1.17 bits per heavy atom. The van der Waals surface area contributed by atoms with Gasteiger partial charge in [0.05, 0.1) is 46.9 Å². The molecule has 2 aromatic rings. The van der Waals surface area contributed by atoms with Crippen LogP contribution in [0.1, 0.15) is 70.5 Å². The normalized spacial score (nSPS) is 31.0. The van der Waals surface area contributed by atoms with Gasteiger partial charge in [0, 0.05) is 5.92 Å². The highest BCUT2D eigenvalue weighted by Gasteiger charge is 2.42. The Morgan fingerprint density at radius 3 is 2.58 bits per heavy atom. The summed E-state index contributed by atoms with van der Waals surface area (Å²) >= 11 is 1.43. The smallest absolute Gasteiger partial charge is 0.223 e. The van der Waals surface area contributed by atoms with E-state index in [0.717, 1.165) is 21.4 Å². The number of carbonyl (C=O) groups excluding carboxylic acids is 2. The number of thiazole rings is 1. The van der Waals surface area contributed by atoms with Crippen LogP contribution in [-0.4, -0.2) is 44.2 Å². The predicted octanol–water partition coefficient (Wildman–Crippen LogP) is 4.22. The molecule has 4 N–H and O–H groups in total. The Bertz CT molecular complexity index is 1150. The van der Waals surface area contributed by atoms with Crippen LogP contribution in [0.25, 0.3) is 10.2 Å². The Kier molecular flexibility index (Phi) is 9.22. The molecule has 5 atom stereocenters. The summed E-state index contributed by atoms with van der Waals surface area (Å²) in [4.78, 5) is 30.7. The molecule has 1 aromatic carbocycles. The molecular formula is C28H38N2O5S. The maximum absolute atomic E-state index is 13.2. The SMILES string of the molecule is CC1=C/C[C@@H](c2ccc3sc(CO)nc3c2)NC(=O)C[C@H](O)C(C)(C)C(=O)[C@H](C)[C@@H](O)[C@@H](C)C\C=C\1. The number of Topliss-reactive ketones (excluding diaryl/α,β-unsaturated/α-hetero) is 1. The number of aliphatic hydroxyl groups is 3. The second-order valence-corrected chi connectivity index (χ2v) is 11.6. The summed E-state index contributed by atoms with van der Waals surface area (Å²) in [5, 5.41) is 34.8. The molecule has 0 fully saturated rings. The number of hydrogen-bond acceptors (Lipinski definition) is 7. The van der Waals surface area contributed by atoms with E-state index in [1.165, 1.54) is 11.3 Å². The summed E-state index contributed by atoms with van der Waals surface area (Å²) < 4.78 is 0.957. The second kappa shape index (κ2) is 11.8. The maximum Gasteiger partial charge on any atom is 0.223 e. The van der Waals surface area contributed by atoms with Crippen molar-refractivity contribution in [1.29, 1.82) is 0 Å². The van der Waals surface area contributed by atoms with Gasteiger partial charge < -0.3 is 20.6 Å². The van der Waals surface area contributed by atoms with Crippen molar-refractivity contribution in [1.82, 2.24) is 10.3 Å². The van der Waals surface area contributed by atoms with Crippen molar-refractivity contribution in [2.24, 2.45) is 17.3 Å². The number of amides is 1. The zero-order chi connectivity index (χ0) is 26.6. The number of allylic oxidation sites excluding steroid dienone is 3. The molecule has 196 valence electrons. The minimum absolute atomic E-state index is 0.121. The Labute approximate surface area is 217 Å². The lowest BCUT2D eigenvalue weighted by Crippen LogP contribution is -2.46. The molecule has 1 aromatic heterocycles. The van der Waals surface area contributed by atoms with Gasteiger partial charge in [-0.05, 0) is 43.4 Å². The number of fused-ring (bicyclic) bond motifs is 1. The largest absolute Gasteiger partial charge is 0.392 e. The molecule has 3 rings (SSSR count). The summed E-state index contributed by atoms with van der Waals surface area (Å²) in [5.74, 6) is -1.44. The second-order valence-electron chi connectivity index (χ2n) is 10.5. The molecule has 0 bridgehead atoms. The first kappa shape index (κ1) is 28.2. The molecule has 36 heavy (non-hydrogen) atoms. The molecule has 1 aliphatic rings. The van der Waals surface area contributed by atoms with E-state index in [9.17, 15) is 24.9 Å². The molecule has 2 heterocycles. The first-order valence-corrected chi connectivity index (χ1v) is 13.3. The molecule has 0 aliphatic carbocycles. The van der Waals surface area contributed by atoms with Crippen LogP contribution in [0.4, 0.5) is 0 Å². The monoisotopic (exact) mass is 514 g/mol. The van der Waals surface area contributed by atoms with Crippen molar-refractivity contribution in [2.75, 3.05) is 0 Å². The van der Waals surface area contributed by atoms with Gasteiger partial charge in [-0.3, -0.25) is 9.59 Å². The van der Waals surface area contributed by atoms with E-state index in [4.69, 9.17) is 0 Å². The molecule has 7 nitrogen and oxygen atoms in total. The molecule has 0 radical (unpaired) electrons. The summed E-state index contributed by atoms with van der Waals surface area (Å²) in [7, 11) is 0. The number of aromatic nitrogens is 1. The highest BCUT2D eigenvalue weighted by Crippen LogP contribution is 2.32. The molecular weight excluding hydrogens is 476 g/mol. The Morgan fingerprint density at radius 2 is 1.89 bits per heavy atom. The molecule has 1 amide bonds. The van der Waals surface area contributed by atoms with E-state index in [0.29, 0.717) is 17.8 Å². The van der Waals surface area contributed by atoms with Crippen molar-refractivity contribution in [3.05, 3.63) is 52.6 Å². The van der Waals surface area contributed by atoms with Gasteiger partial charge in [-0.1, -0.05) is 57.6 Å². The summed E-state index contributed by atoms with van der Waals surface area (Å²) in [6, 6.07) is 5.44. The van der Waals surface area contributed by atoms with Crippen LogP contribution >= 0.6 is 11.3 Å². The van der Waals surface area contributed by atoms with Crippen LogP contribution in [-0.2, 0) is 16.2 Å². The Hall–Kier alpha value is -2.39. The number of benzene rings is 1. The van der Waals surface area contributed by atoms with Crippen molar-refractivity contribution in [2.45, 2.75) is 78.7 Å². The van der Waals surface area contributed by atoms with Crippen LogP contribution in [0, 0.1) is 17.3 Å². The fourth-order valence-corrected chi connectivity index (χ4v) is 5.43. The molecule has 0 spiro atoms. The molecule has 8 heteroatoms. The number of nitrogens with zero attached hydrogens (tertiary/aromatic N) is 1. The van der Waals surface area contributed by atoms with Gasteiger partial charge in [-0.25, -0.2) is 4.98 Å². The van der Waals surface area contributed by atoms with Gasteiger partial charge in [0.1, 0.15) is 10.8 Å². The van der Waals surface area contributed by atoms with Crippen LogP contribution in [0.15, 0.2) is 42.0 Å².